The Bertz CT molecular complexity index is 1030. The third-order valence-corrected chi connectivity index (χ3v) is 4.57. The summed E-state index contributed by atoms with van der Waals surface area (Å²) in [6.45, 7) is 1.42. The molecule has 1 amide bonds. The number of sulfone groups is 1. The molecule has 0 fully saturated rings. The highest BCUT2D eigenvalue weighted by molar-refractivity contribution is 7.90. The van der Waals surface area contributed by atoms with Crippen LogP contribution in [0.25, 0.3) is 0 Å². The van der Waals surface area contributed by atoms with Crippen molar-refractivity contribution in [1.82, 2.24) is 0 Å². The van der Waals surface area contributed by atoms with Crippen LogP contribution < -0.4 is 5.32 Å². The van der Waals surface area contributed by atoms with Gasteiger partial charge in [0.05, 0.1) is 22.4 Å². The number of amides is 1. The lowest BCUT2D eigenvalue weighted by molar-refractivity contribution is 0.0528. The van der Waals surface area contributed by atoms with E-state index in [1.54, 1.807) is 19.1 Å². The van der Waals surface area contributed by atoms with Gasteiger partial charge in [0.15, 0.2) is 9.84 Å². The van der Waals surface area contributed by atoms with E-state index in [1.807, 2.05) is 0 Å². The highest BCUT2D eigenvalue weighted by Crippen LogP contribution is 2.18. The lowest BCUT2D eigenvalue weighted by Gasteiger charge is -2.11. The van der Waals surface area contributed by atoms with Crippen molar-refractivity contribution in [2.75, 3.05) is 23.9 Å². The van der Waals surface area contributed by atoms with E-state index in [9.17, 15) is 27.9 Å². The fourth-order valence-corrected chi connectivity index (χ4v) is 2.79. The van der Waals surface area contributed by atoms with Gasteiger partial charge in [-0.25, -0.2) is 18.0 Å². The summed E-state index contributed by atoms with van der Waals surface area (Å²) in [5.74, 6) is -2.89. The second kappa shape index (κ2) is 8.66. The van der Waals surface area contributed by atoms with Gasteiger partial charge in [0.2, 0.25) is 0 Å². The number of anilines is 1. The van der Waals surface area contributed by atoms with Gasteiger partial charge in [0.1, 0.15) is 6.61 Å². The molecule has 28 heavy (non-hydrogen) atoms. The number of carboxylic acid groups (broad SMARTS) is 1. The van der Waals surface area contributed by atoms with Gasteiger partial charge >= 0.3 is 11.9 Å². The standard InChI is InChI=1S/C19H19NO7S/c1-12-9-13(19(24)27-7-8-28(2,25)26)11-14(10-12)20-17(21)15-5-3-4-6-16(15)18(22)23/h3-6,9-11H,7-8H2,1-2H3,(H,20,21)(H,22,23). The predicted octanol–water partition coefficient (Wildman–Crippen LogP) is 2.15. The quantitative estimate of drug-likeness (QED) is 0.676. The fourth-order valence-electron chi connectivity index (χ4n) is 2.41. The number of aryl methyl sites for hydroxylation is 1. The molecule has 0 heterocycles. The van der Waals surface area contributed by atoms with E-state index in [-0.39, 0.29) is 34.7 Å². The van der Waals surface area contributed by atoms with Crippen LogP contribution in [0.3, 0.4) is 0 Å². The average Bonchev–Trinajstić information content (AvgIpc) is 2.60. The van der Waals surface area contributed by atoms with E-state index in [0.29, 0.717) is 5.56 Å². The lowest BCUT2D eigenvalue weighted by atomic mass is 10.1. The van der Waals surface area contributed by atoms with Crippen molar-refractivity contribution in [2.45, 2.75) is 6.92 Å². The summed E-state index contributed by atoms with van der Waals surface area (Å²) in [4.78, 5) is 35.8. The number of ether oxygens (including phenoxy) is 1. The maximum atomic E-state index is 12.5. The number of hydrogen-bond donors (Lipinski definition) is 2. The molecule has 0 aromatic heterocycles. The van der Waals surface area contributed by atoms with Crippen molar-refractivity contribution in [3.63, 3.8) is 0 Å². The maximum Gasteiger partial charge on any atom is 0.338 e. The molecule has 0 unspecified atom stereocenters. The molecule has 0 aliphatic heterocycles. The number of benzene rings is 2. The van der Waals surface area contributed by atoms with E-state index in [4.69, 9.17) is 4.74 Å². The molecule has 2 N–H and O–H groups in total. The Kier molecular flexibility index (Phi) is 6.53. The first kappa shape index (κ1) is 21.1. The summed E-state index contributed by atoms with van der Waals surface area (Å²) < 4.78 is 27.2. The molecule has 0 bridgehead atoms. The van der Waals surface area contributed by atoms with Gasteiger partial charge in [-0.15, -0.1) is 0 Å². The van der Waals surface area contributed by atoms with Gasteiger partial charge in [0, 0.05) is 11.9 Å². The molecule has 148 valence electrons. The molecule has 0 atom stereocenters. The van der Waals surface area contributed by atoms with E-state index in [0.717, 1.165) is 6.26 Å². The Morgan fingerprint density at radius 1 is 1.07 bits per heavy atom. The average molecular weight is 405 g/mol. The summed E-state index contributed by atoms with van der Waals surface area (Å²) in [6, 6.07) is 10.3. The SMILES string of the molecule is Cc1cc(NC(=O)c2ccccc2C(=O)O)cc(C(=O)OCCS(C)(=O)=O)c1. The van der Waals surface area contributed by atoms with Gasteiger partial charge in [0.25, 0.3) is 5.91 Å². The molecular weight excluding hydrogens is 386 g/mol. The summed E-state index contributed by atoms with van der Waals surface area (Å²) in [7, 11) is -3.26. The van der Waals surface area contributed by atoms with E-state index >= 15 is 0 Å². The zero-order valence-electron chi connectivity index (χ0n) is 15.3. The van der Waals surface area contributed by atoms with Crippen LogP contribution in [-0.2, 0) is 14.6 Å². The number of esters is 1. The molecule has 0 saturated heterocycles. The molecule has 2 aromatic carbocycles. The van der Waals surface area contributed by atoms with E-state index in [1.165, 1.54) is 30.3 Å². The van der Waals surface area contributed by atoms with E-state index in [2.05, 4.69) is 5.32 Å². The van der Waals surface area contributed by atoms with Crippen molar-refractivity contribution in [3.05, 3.63) is 64.7 Å². The largest absolute Gasteiger partial charge is 0.478 e. The van der Waals surface area contributed by atoms with Crippen LogP contribution in [0.5, 0.6) is 0 Å². The monoisotopic (exact) mass is 405 g/mol. The van der Waals surface area contributed by atoms with Crippen molar-refractivity contribution in [3.8, 4) is 0 Å². The van der Waals surface area contributed by atoms with Gasteiger partial charge in [-0.2, -0.15) is 0 Å². The van der Waals surface area contributed by atoms with Gasteiger partial charge in [-0.1, -0.05) is 12.1 Å². The molecule has 8 nitrogen and oxygen atoms in total. The summed E-state index contributed by atoms with van der Waals surface area (Å²) in [5, 5.41) is 11.8. The highest BCUT2D eigenvalue weighted by Gasteiger charge is 2.17. The first-order chi connectivity index (χ1) is 13.1. The van der Waals surface area contributed by atoms with Crippen molar-refractivity contribution in [2.24, 2.45) is 0 Å². The minimum atomic E-state index is -3.26. The Hall–Kier alpha value is -3.20. The smallest absolute Gasteiger partial charge is 0.338 e. The minimum Gasteiger partial charge on any atom is -0.478 e. The number of hydrogen-bond acceptors (Lipinski definition) is 6. The number of carboxylic acids is 1. The highest BCUT2D eigenvalue weighted by atomic mass is 32.2. The topological polar surface area (TPSA) is 127 Å². The molecule has 0 saturated carbocycles. The van der Waals surface area contributed by atoms with Crippen LogP contribution in [0.1, 0.15) is 36.6 Å². The predicted molar refractivity (Wildman–Crippen MR) is 103 cm³/mol. The number of carbonyl (C=O) groups is 3. The number of carbonyl (C=O) groups excluding carboxylic acids is 2. The summed E-state index contributed by atoms with van der Waals surface area (Å²) in [6.07, 6.45) is 1.04. The minimum absolute atomic E-state index is 0.0196. The second-order valence-electron chi connectivity index (χ2n) is 6.16. The van der Waals surface area contributed by atoms with Crippen LogP contribution in [0, 0.1) is 6.92 Å². The van der Waals surface area contributed by atoms with Crippen molar-refractivity contribution >= 4 is 33.4 Å². The number of rotatable bonds is 7. The Morgan fingerprint density at radius 2 is 1.71 bits per heavy atom. The number of aromatic carboxylic acids is 1. The van der Waals surface area contributed by atoms with E-state index < -0.39 is 27.7 Å². The van der Waals surface area contributed by atoms with Crippen LogP contribution in [-0.4, -0.2) is 50.0 Å². The van der Waals surface area contributed by atoms with Crippen LogP contribution in [0.15, 0.2) is 42.5 Å². The van der Waals surface area contributed by atoms with Crippen LogP contribution in [0.2, 0.25) is 0 Å². The zero-order valence-corrected chi connectivity index (χ0v) is 16.1. The Labute approximate surface area is 162 Å². The number of nitrogens with one attached hydrogen (secondary N) is 1. The van der Waals surface area contributed by atoms with Crippen molar-refractivity contribution < 1.29 is 32.6 Å². The molecule has 0 aliphatic carbocycles. The van der Waals surface area contributed by atoms with Crippen molar-refractivity contribution in [1.29, 1.82) is 0 Å². The molecule has 0 radical (unpaired) electrons. The lowest BCUT2D eigenvalue weighted by Crippen LogP contribution is -2.17. The Morgan fingerprint density at radius 3 is 2.32 bits per heavy atom. The summed E-state index contributed by atoms with van der Waals surface area (Å²) >= 11 is 0. The first-order valence-electron chi connectivity index (χ1n) is 8.17. The second-order valence-corrected chi connectivity index (χ2v) is 8.42. The van der Waals surface area contributed by atoms with Gasteiger partial charge < -0.3 is 15.2 Å². The molecule has 0 spiro atoms. The molecule has 9 heteroatoms. The third-order valence-electron chi connectivity index (χ3n) is 3.66. The Balaban J connectivity index is 2.18. The van der Waals surface area contributed by atoms with Crippen LogP contribution >= 0.6 is 0 Å². The first-order valence-corrected chi connectivity index (χ1v) is 10.2. The normalized spacial score (nSPS) is 10.9. The van der Waals surface area contributed by atoms with Gasteiger partial charge in [-0.3, -0.25) is 4.79 Å². The zero-order chi connectivity index (χ0) is 20.9. The van der Waals surface area contributed by atoms with Gasteiger partial charge in [-0.05, 0) is 42.8 Å². The fraction of sp³-hybridized carbons (Fsp3) is 0.211. The maximum absolute atomic E-state index is 12.5. The molecular formula is C19H19NO7S. The third kappa shape index (κ3) is 5.92. The van der Waals surface area contributed by atoms with Crippen LogP contribution in [0.4, 0.5) is 5.69 Å². The summed E-state index contributed by atoms with van der Waals surface area (Å²) in [5.41, 5.74) is 0.900. The molecule has 2 rings (SSSR count). The molecule has 0 aliphatic rings. The molecule has 2 aromatic rings.